The Balaban J connectivity index is 1.42. The van der Waals surface area contributed by atoms with Crippen molar-refractivity contribution in [1.82, 2.24) is 0 Å². The van der Waals surface area contributed by atoms with Gasteiger partial charge < -0.3 is 0 Å². The summed E-state index contributed by atoms with van der Waals surface area (Å²) in [5.41, 5.74) is 2.62. The number of rotatable bonds is 7. The van der Waals surface area contributed by atoms with E-state index >= 15 is 0 Å². The summed E-state index contributed by atoms with van der Waals surface area (Å²) in [5, 5.41) is 0.449. The molecule has 0 aromatic heterocycles. The number of terminal acetylenes is 1. The number of allylic oxidation sites excluding steroid dienone is 2. The van der Waals surface area contributed by atoms with Gasteiger partial charge in [-0.2, -0.15) is 0 Å². The van der Waals surface area contributed by atoms with Crippen LogP contribution in [0.4, 0.5) is 4.79 Å². The first-order valence-electron chi connectivity index (χ1n) is 14.2. The third-order valence-corrected chi connectivity index (χ3v) is 12.9. The predicted octanol–water partition coefficient (Wildman–Crippen LogP) is 9.62. The molecule has 0 saturated heterocycles. The largest absolute Gasteiger partial charge is 0.274 e. The summed E-state index contributed by atoms with van der Waals surface area (Å²) in [6, 6.07) is 0. The van der Waals surface area contributed by atoms with Crippen LogP contribution in [0.1, 0.15) is 105 Å². The fourth-order valence-corrected chi connectivity index (χ4v) is 10.9. The van der Waals surface area contributed by atoms with Gasteiger partial charge in [0.2, 0.25) is 4.45 Å². The van der Waals surface area contributed by atoms with Gasteiger partial charge in [0.1, 0.15) is 0 Å². The van der Waals surface area contributed by atoms with Crippen LogP contribution in [0.2, 0.25) is 0 Å². The lowest BCUT2D eigenvalue weighted by molar-refractivity contribution is -0.0497. The van der Waals surface area contributed by atoms with Gasteiger partial charge in [0.25, 0.3) is 0 Å². The average molecular weight is 501 g/mol. The maximum absolute atomic E-state index is 12.3. The van der Waals surface area contributed by atoms with E-state index in [1.807, 2.05) is 0 Å². The van der Waals surface area contributed by atoms with E-state index in [-0.39, 0.29) is 4.45 Å². The van der Waals surface area contributed by atoms with Crippen molar-refractivity contribution in [3.63, 3.8) is 0 Å². The van der Waals surface area contributed by atoms with Crippen LogP contribution in [0, 0.1) is 58.7 Å². The lowest BCUT2D eigenvalue weighted by Gasteiger charge is -2.58. The summed E-state index contributed by atoms with van der Waals surface area (Å²) < 4.78 is 0.216. The standard InChI is InChI=1S/C31H48OS2/c1-7-19-33-29(32)34-24-15-17-30(5)23(20-24)11-12-25-27-14-13-26(22(4)10-8-9-21(2)3)31(27,6)18-16-28(25)30/h1,11,21-22,24-28H,8-10,12-20H2,2-6H3/t22-,24+,25+,26-,27+,28+,30+,31-/m1/s1. The molecule has 0 heterocycles. The Hall–Kier alpha value is -0.330. The normalized spacial score (nSPS) is 40.0. The fourth-order valence-electron chi connectivity index (χ4n) is 9.02. The fraction of sp³-hybridized carbons (Fsp3) is 0.839. The molecule has 3 saturated carbocycles. The summed E-state index contributed by atoms with van der Waals surface area (Å²) in [6.45, 7) is 12.6. The van der Waals surface area contributed by atoms with Crippen molar-refractivity contribution in [3.8, 4) is 12.3 Å². The topological polar surface area (TPSA) is 17.1 Å². The Morgan fingerprint density at radius 3 is 2.65 bits per heavy atom. The molecule has 0 unspecified atom stereocenters. The first-order chi connectivity index (χ1) is 16.2. The molecule has 3 fully saturated rings. The average Bonchev–Trinajstić information content (AvgIpc) is 3.15. The van der Waals surface area contributed by atoms with Crippen molar-refractivity contribution >= 4 is 28.0 Å². The molecule has 0 N–H and O–H groups in total. The first-order valence-corrected chi connectivity index (χ1v) is 16.0. The number of hydrogen-bond acceptors (Lipinski definition) is 3. The van der Waals surface area contributed by atoms with Crippen LogP contribution in [0.15, 0.2) is 11.6 Å². The van der Waals surface area contributed by atoms with Gasteiger partial charge in [0.05, 0.1) is 5.75 Å². The molecule has 0 spiro atoms. The molecule has 0 amide bonds. The summed E-state index contributed by atoms with van der Waals surface area (Å²) in [4.78, 5) is 12.3. The number of thioether (sulfide) groups is 2. The zero-order valence-corrected chi connectivity index (χ0v) is 24.0. The van der Waals surface area contributed by atoms with Crippen molar-refractivity contribution in [1.29, 1.82) is 0 Å². The second-order valence-corrected chi connectivity index (χ2v) is 15.5. The van der Waals surface area contributed by atoms with Gasteiger partial charge in [-0.25, -0.2) is 0 Å². The molecule has 0 aromatic rings. The number of fused-ring (bicyclic) bond motifs is 5. The van der Waals surface area contributed by atoms with Crippen LogP contribution < -0.4 is 0 Å². The van der Waals surface area contributed by atoms with Crippen LogP contribution in [0.5, 0.6) is 0 Å². The zero-order valence-electron chi connectivity index (χ0n) is 22.4. The highest BCUT2D eigenvalue weighted by atomic mass is 32.2. The van der Waals surface area contributed by atoms with Crippen LogP contribution >= 0.6 is 23.5 Å². The molecule has 1 nitrogen and oxygen atoms in total. The van der Waals surface area contributed by atoms with E-state index in [4.69, 9.17) is 6.42 Å². The number of carbonyl (C=O) groups is 1. The van der Waals surface area contributed by atoms with E-state index in [2.05, 4.69) is 46.6 Å². The van der Waals surface area contributed by atoms with Crippen LogP contribution in [0.25, 0.3) is 0 Å². The molecule has 3 heteroatoms. The van der Waals surface area contributed by atoms with Crippen LogP contribution in [-0.4, -0.2) is 15.5 Å². The van der Waals surface area contributed by atoms with Gasteiger partial charge in [-0.1, -0.05) is 95.0 Å². The Kier molecular flexibility index (Phi) is 8.62. The molecule has 190 valence electrons. The molecule has 34 heavy (non-hydrogen) atoms. The number of hydrogen-bond donors (Lipinski definition) is 0. The maximum atomic E-state index is 12.3. The minimum Gasteiger partial charge on any atom is -0.274 e. The second kappa shape index (κ2) is 11.0. The highest BCUT2D eigenvalue weighted by molar-refractivity contribution is 8.38. The maximum Gasteiger partial charge on any atom is 0.247 e. The first kappa shape index (κ1) is 26.7. The summed E-state index contributed by atoms with van der Waals surface area (Å²) in [7, 11) is 0. The van der Waals surface area contributed by atoms with Gasteiger partial charge in [-0.3, -0.25) is 4.79 Å². The lowest BCUT2D eigenvalue weighted by Crippen LogP contribution is -2.50. The van der Waals surface area contributed by atoms with Crippen molar-refractivity contribution in [2.75, 3.05) is 5.75 Å². The van der Waals surface area contributed by atoms with E-state index < -0.39 is 0 Å². The molecule has 4 rings (SSSR count). The van der Waals surface area contributed by atoms with Gasteiger partial charge in [-0.05, 0) is 97.7 Å². The Morgan fingerprint density at radius 2 is 1.91 bits per heavy atom. The minimum atomic E-state index is 0.216. The summed E-state index contributed by atoms with van der Waals surface area (Å²) in [5.74, 6) is 8.41. The van der Waals surface area contributed by atoms with Crippen LogP contribution in [0.3, 0.4) is 0 Å². The van der Waals surface area contributed by atoms with Gasteiger partial charge in [0.15, 0.2) is 0 Å². The van der Waals surface area contributed by atoms with Crippen molar-refractivity contribution < 1.29 is 4.79 Å². The van der Waals surface area contributed by atoms with Gasteiger partial charge in [0, 0.05) is 5.25 Å². The highest BCUT2D eigenvalue weighted by Gasteiger charge is 2.59. The van der Waals surface area contributed by atoms with Gasteiger partial charge in [-0.15, -0.1) is 6.42 Å². The quantitative estimate of drug-likeness (QED) is 0.256. The monoisotopic (exact) mass is 500 g/mol. The summed E-state index contributed by atoms with van der Waals surface area (Å²) >= 11 is 2.86. The van der Waals surface area contributed by atoms with E-state index in [1.54, 1.807) is 17.3 Å². The Bertz CT molecular complexity index is 809. The molecular formula is C31H48OS2. The molecule has 8 atom stereocenters. The summed E-state index contributed by atoms with van der Waals surface area (Å²) in [6.07, 6.45) is 22.9. The van der Waals surface area contributed by atoms with Crippen molar-refractivity contribution in [2.24, 2.45) is 46.3 Å². The SMILES string of the molecule is C#CCSC(=O)S[C@H]1CC[C@@]2(C)C(=CC[C@H]3[C@@H]4CC[C@H]([C@H](C)CCCC(C)C)[C@@]4(C)CC[C@@H]32)C1. The molecule has 0 aliphatic heterocycles. The third-order valence-electron chi connectivity index (χ3n) is 10.8. The molecule has 4 aliphatic carbocycles. The Labute approximate surface area is 218 Å². The van der Waals surface area contributed by atoms with E-state index in [0.29, 0.717) is 21.8 Å². The minimum absolute atomic E-state index is 0.216. The molecule has 4 aliphatic rings. The van der Waals surface area contributed by atoms with E-state index in [0.717, 1.165) is 41.9 Å². The molecule has 0 radical (unpaired) electrons. The Morgan fingerprint density at radius 1 is 1.12 bits per heavy atom. The molecule has 0 aromatic carbocycles. The second-order valence-electron chi connectivity index (χ2n) is 13.0. The predicted molar refractivity (Wildman–Crippen MR) is 151 cm³/mol. The lowest BCUT2D eigenvalue weighted by atomic mass is 9.47. The van der Waals surface area contributed by atoms with Crippen molar-refractivity contribution in [2.45, 2.75) is 110 Å². The van der Waals surface area contributed by atoms with Crippen molar-refractivity contribution in [3.05, 3.63) is 11.6 Å². The highest BCUT2D eigenvalue weighted by Crippen LogP contribution is 2.67. The number of carbonyl (C=O) groups excluding carboxylic acids is 1. The van der Waals surface area contributed by atoms with Crippen LogP contribution in [-0.2, 0) is 0 Å². The molecule has 0 bridgehead atoms. The van der Waals surface area contributed by atoms with E-state index in [1.165, 1.54) is 76.0 Å². The van der Waals surface area contributed by atoms with E-state index in [9.17, 15) is 4.79 Å². The zero-order chi connectivity index (χ0) is 24.5. The third kappa shape index (κ3) is 5.20. The smallest absolute Gasteiger partial charge is 0.247 e. The molecular weight excluding hydrogens is 452 g/mol. The van der Waals surface area contributed by atoms with Gasteiger partial charge >= 0.3 is 0 Å².